The first kappa shape index (κ1) is 12.0. The quantitative estimate of drug-likeness (QED) is 0.421. The molecule has 1 aromatic heterocycles. The van der Waals surface area contributed by atoms with Crippen LogP contribution in [0.3, 0.4) is 0 Å². The summed E-state index contributed by atoms with van der Waals surface area (Å²) in [7, 11) is 0. The topological polar surface area (TPSA) is 125 Å². The number of nitrogens with one attached hydrogen (secondary N) is 1. The third-order valence-corrected chi connectivity index (χ3v) is 2.64. The molecule has 0 saturated carbocycles. The summed E-state index contributed by atoms with van der Waals surface area (Å²) in [5.74, 6) is 0. The average Bonchev–Trinajstić information content (AvgIpc) is 2.57. The van der Waals surface area contributed by atoms with Gasteiger partial charge in [-0.25, -0.2) is 4.79 Å². The summed E-state index contributed by atoms with van der Waals surface area (Å²) in [6.07, 6.45) is -3.58. The van der Waals surface area contributed by atoms with Gasteiger partial charge in [0.25, 0.3) is 5.56 Å². The van der Waals surface area contributed by atoms with Gasteiger partial charge in [0.15, 0.2) is 6.23 Å². The zero-order chi connectivity index (χ0) is 12.6. The van der Waals surface area contributed by atoms with Crippen LogP contribution in [0.5, 0.6) is 0 Å². The Hall–Kier alpha value is -1.48. The van der Waals surface area contributed by atoms with E-state index in [1.807, 2.05) is 4.98 Å². The second kappa shape index (κ2) is 4.41. The van der Waals surface area contributed by atoms with E-state index in [2.05, 4.69) is 0 Å². The predicted octanol–water partition coefficient (Wildman–Crippen LogP) is -2.85. The van der Waals surface area contributed by atoms with E-state index >= 15 is 0 Å². The molecule has 1 aliphatic rings. The maximum absolute atomic E-state index is 11.4. The second-order valence-electron chi connectivity index (χ2n) is 3.75. The Morgan fingerprint density at radius 3 is 2.59 bits per heavy atom. The van der Waals surface area contributed by atoms with Crippen molar-refractivity contribution in [2.24, 2.45) is 0 Å². The Balaban J connectivity index is 2.35. The largest absolute Gasteiger partial charge is 0.394 e. The maximum atomic E-state index is 11.4. The minimum Gasteiger partial charge on any atom is -0.394 e. The Bertz CT molecular complexity index is 509. The molecule has 8 nitrogen and oxygen atoms in total. The lowest BCUT2D eigenvalue weighted by molar-refractivity contribution is -0.0550. The van der Waals surface area contributed by atoms with E-state index in [1.54, 1.807) is 0 Å². The number of hydrogen-bond acceptors (Lipinski definition) is 6. The molecule has 2 heterocycles. The zero-order valence-electron chi connectivity index (χ0n) is 8.68. The van der Waals surface area contributed by atoms with Crippen molar-refractivity contribution in [1.82, 2.24) is 9.55 Å². The van der Waals surface area contributed by atoms with Crippen LogP contribution in [0.15, 0.2) is 21.9 Å². The molecule has 17 heavy (non-hydrogen) atoms. The first-order valence-electron chi connectivity index (χ1n) is 4.98. The van der Waals surface area contributed by atoms with Gasteiger partial charge in [-0.15, -0.1) is 0 Å². The van der Waals surface area contributed by atoms with Crippen molar-refractivity contribution in [1.29, 1.82) is 0 Å². The molecule has 1 aliphatic heterocycles. The molecular formula is C9H12N2O6. The van der Waals surface area contributed by atoms with Gasteiger partial charge in [0.05, 0.1) is 6.61 Å². The van der Waals surface area contributed by atoms with Crippen LogP contribution in [-0.4, -0.2) is 49.8 Å². The molecule has 4 atom stereocenters. The van der Waals surface area contributed by atoms with Gasteiger partial charge in [0.1, 0.15) is 18.3 Å². The van der Waals surface area contributed by atoms with E-state index in [0.29, 0.717) is 0 Å². The molecule has 1 saturated heterocycles. The van der Waals surface area contributed by atoms with Crippen molar-refractivity contribution in [2.45, 2.75) is 24.5 Å². The van der Waals surface area contributed by atoms with Gasteiger partial charge in [-0.2, -0.15) is 0 Å². The van der Waals surface area contributed by atoms with E-state index in [4.69, 9.17) is 9.84 Å². The average molecular weight is 254 g/mol. The molecule has 0 unspecified atom stereocenters. The lowest BCUT2D eigenvalue weighted by Crippen LogP contribution is -2.37. The van der Waals surface area contributed by atoms with Crippen LogP contribution < -0.4 is 11.2 Å². The normalized spacial score (nSPS) is 32.9. The smallest absolute Gasteiger partial charge is 0.330 e. The van der Waals surface area contributed by atoms with Gasteiger partial charge in [0.2, 0.25) is 0 Å². The molecule has 0 aliphatic carbocycles. The van der Waals surface area contributed by atoms with Crippen LogP contribution in [0.1, 0.15) is 6.23 Å². The fourth-order valence-corrected chi connectivity index (χ4v) is 1.74. The Labute approximate surface area is 94.7 Å². The highest BCUT2D eigenvalue weighted by molar-refractivity contribution is 4.92. The number of rotatable bonds is 2. The van der Waals surface area contributed by atoms with E-state index in [1.165, 1.54) is 0 Å². The highest BCUT2D eigenvalue weighted by Crippen LogP contribution is 2.27. The van der Waals surface area contributed by atoms with Gasteiger partial charge in [-0.3, -0.25) is 14.3 Å². The summed E-state index contributed by atoms with van der Waals surface area (Å²) in [4.78, 5) is 24.3. The van der Waals surface area contributed by atoms with E-state index in [0.717, 1.165) is 16.8 Å². The summed E-state index contributed by atoms with van der Waals surface area (Å²) in [5.41, 5.74) is -1.33. The molecule has 0 amide bonds. The van der Waals surface area contributed by atoms with Crippen molar-refractivity contribution < 1.29 is 20.1 Å². The molecule has 94 valence electrons. The van der Waals surface area contributed by atoms with Crippen molar-refractivity contribution in [3.63, 3.8) is 0 Å². The van der Waals surface area contributed by atoms with Gasteiger partial charge in [-0.05, 0) is 0 Å². The van der Waals surface area contributed by atoms with Crippen LogP contribution in [0.25, 0.3) is 0 Å². The molecule has 0 radical (unpaired) electrons. The van der Waals surface area contributed by atoms with Crippen LogP contribution in [-0.2, 0) is 4.74 Å². The summed E-state index contributed by atoms with van der Waals surface area (Å²) in [6.45, 7) is -0.479. The number of H-pyrrole nitrogens is 1. The molecule has 0 bridgehead atoms. The third kappa shape index (κ3) is 2.03. The van der Waals surface area contributed by atoms with Gasteiger partial charge in [-0.1, -0.05) is 0 Å². The summed E-state index contributed by atoms with van der Waals surface area (Å²) in [6, 6.07) is 1.09. The fraction of sp³-hybridized carbons (Fsp3) is 0.556. The van der Waals surface area contributed by atoms with Gasteiger partial charge in [0, 0.05) is 12.3 Å². The van der Waals surface area contributed by atoms with Crippen molar-refractivity contribution in [3.05, 3.63) is 33.1 Å². The van der Waals surface area contributed by atoms with Crippen LogP contribution in [0, 0.1) is 0 Å². The van der Waals surface area contributed by atoms with Gasteiger partial charge < -0.3 is 20.1 Å². The standard InChI is InChI=1S/C9H12N2O6/c12-3-4-6(14)7(15)8(17-4)11-2-1-5(13)10-9(11)16/h1-2,4,6-8,12,14-15H,3H2,(H,10,13,16)/t4-,6-,7-,8-/m1/s1/i1+1,2+1,3+1,4+1,5+1,6+1,7+1,8+1,9+1,11+1. The number of ether oxygens (including phenoxy) is 1. The van der Waals surface area contributed by atoms with E-state index in [9.17, 15) is 19.8 Å². The Kier molecular flexibility index (Phi) is 3.11. The Morgan fingerprint density at radius 2 is 2.06 bits per heavy atom. The fourth-order valence-electron chi connectivity index (χ4n) is 1.74. The third-order valence-electron chi connectivity index (χ3n) is 2.64. The van der Waals surface area contributed by atoms with E-state index < -0.39 is 42.4 Å². The first-order valence-corrected chi connectivity index (χ1v) is 4.98. The zero-order valence-corrected chi connectivity index (χ0v) is 8.68. The SMILES string of the molecule is O=[13c]1[13cH][13cH][15n]([13C@@H]2O[13C@H]([13CH2]O)[13C@@H](O)[13C@H]2O)[13c](=O)[nH]1. The first-order chi connectivity index (χ1) is 8.04. The van der Waals surface area contributed by atoms with Gasteiger partial charge >= 0.3 is 5.69 Å². The summed E-state index contributed by atoms with van der Waals surface area (Å²) in [5, 5.41) is 28.1. The van der Waals surface area contributed by atoms with E-state index in [-0.39, 0.29) is 0 Å². The number of aliphatic hydroxyl groups is 3. The number of aromatic nitrogens is 2. The minimum atomic E-state index is -1.35. The Morgan fingerprint density at radius 1 is 1.35 bits per heavy atom. The monoisotopic (exact) mass is 254 g/mol. The van der Waals surface area contributed by atoms with Crippen LogP contribution in [0.4, 0.5) is 0 Å². The van der Waals surface area contributed by atoms with Crippen LogP contribution in [0.2, 0.25) is 0 Å². The van der Waals surface area contributed by atoms with Crippen LogP contribution >= 0.6 is 0 Å². The highest BCUT2D eigenvalue weighted by atomic mass is 16.8. The lowest BCUT2D eigenvalue weighted by atomic mass is 11.1. The molecule has 0 aromatic carbocycles. The predicted molar refractivity (Wildman–Crippen MR) is 54.3 cm³/mol. The molecular weight excluding hydrogens is 242 g/mol. The second-order valence-corrected chi connectivity index (χ2v) is 3.75. The molecule has 1 fully saturated rings. The van der Waals surface area contributed by atoms with Crippen molar-refractivity contribution in [2.75, 3.05) is 6.61 Å². The summed E-state index contributed by atoms with van der Waals surface area (Å²) >= 11 is 0. The number of nitrogens with zero attached hydrogens (tertiary/aromatic N) is 1. The molecule has 1 aromatic rings. The molecule has 2 rings (SSSR count). The summed E-state index contributed by atoms with van der Waals surface area (Å²) < 4.78 is 6.08. The maximum Gasteiger partial charge on any atom is 0.330 e. The lowest BCUT2D eigenvalue weighted by Gasteiger charge is -2.16. The number of hydrogen-bond donors (Lipinski definition) is 4. The number of aromatic amines is 1. The van der Waals surface area contributed by atoms with Crippen molar-refractivity contribution >= 4 is 0 Å². The molecule has 0 spiro atoms. The highest BCUT2D eigenvalue weighted by Gasteiger charge is 2.43. The molecule has 4 N–H and O–H groups in total. The minimum absolute atomic E-state index is 0.479. The van der Waals surface area contributed by atoms with Crippen molar-refractivity contribution in [3.8, 4) is 0 Å². The molecule has 8 heteroatoms. The number of aliphatic hydroxyl groups excluding tert-OH is 3.